The van der Waals surface area contributed by atoms with E-state index in [4.69, 9.17) is 11.1 Å². The molecule has 70 valence electrons. The fraction of sp³-hybridized carbons (Fsp3) is 0.800. The van der Waals surface area contributed by atoms with Gasteiger partial charge in [0.25, 0.3) is 0 Å². The average molecular weight is 203 g/mol. The van der Waals surface area contributed by atoms with Crippen LogP contribution in [0.15, 0.2) is 11.1 Å². The summed E-state index contributed by atoms with van der Waals surface area (Å²) in [4.78, 5) is 0. The minimum Gasteiger partial charge on any atom is -0.166 e. The third kappa shape index (κ3) is 1.62. The maximum atomic E-state index is 6.73. The van der Waals surface area contributed by atoms with E-state index in [0.29, 0.717) is 5.04 Å². The van der Waals surface area contributed by atoms with Crippen LogP contribution in [0.4, 0.5) is 0 Å². The van der Waals surface area contributed by atoms with Gasteiger partial charge in [0.2, 0.25) is 0 Å². The Morgan fingerprint density at radius 2 is 1.42 bits per heavy atom. The Bertz CT molecular complexity index is 208. The van der Waals surface area contributed by atoms with E-state index in [0.717, 1.165) is 0 Å². The normalized spacial score (nSPS) is 23.5. The molecule has 0 aromatic rings. The van der Waals surface area contributed by atoms with Crippen LogP contribution in [0.3, 0.4) is 0 Å². The van der Waals surface area contributed by atoms with Gasteiger partial charge in [-0.1, -0.05) is 31.9 Å². The van der Waals surface area contributed by atoms with Crippen LogP contribution in [-0.4, -0.2) is 7.38 Å². The minimum absolute atomic E-state index is 0.341. The highest BCUT2D eigenvalue weighted by Crippen LogP contribution is 2.51. The molecule has 1 heterocycles. The van der Waals surface area contributed by atoms with Crippen LogP contribution in [0.5, 0.6) is 0 Å². The molecular weight excluding hydrogens is 184 g/mol. The molecule has 12 heavy (non-hydrogen) atoms. The number of hydrogen-bond acceptors (Lipinski definition) is 0. The van der Waals surface area contributed by atoms with Crippen molar-refractivity contribution in [1.82, 2.24) is 0 Å². The maximum absolute atomic E-state index is 6.73. The first-order valence-electron chi connectivity index (χ1n) is 4.60. The van der Waals surface area contributed by atoms with Gasteiger partial charge in [-0.05, 0) is 31.0 Å². The fourth-order valence-electron chi connectivity index (χ4n) is 1.74. The second-order valence-corrected chi connectivity index (χ2v) is 11.4. The molecular formula is C10H19ClSi. The van der Waals surface area contributed by atoms with Gasteiger partial charge in [-0.3, -0.25) is 0 Å². The third-order valence-corrected chi connectivity index (χ3v) is 10.5. The van der Waals surface area contributed by atoms with E-state index in [1.165, 1.54) is 12.1 Å². The highest BCUT2D eigenvalue weighted by Gasteiger charge is 2.46. The number of allylic oxidation sites excluding steroid dienone is 2. The van der Waals surface area contributed by atoms with Gasteiger partial charge >= 0.3 is 0 Å². The van der Waals surface area contributed by atoms with E-state index in [-0.39, 0.29) is 0 Å². The van der Waals surface area contributed by atoms with E-state index < -0.39 is 7.38 Å². The van der Waals surface area contributed by atoms with Crippen molar-refractivity contribution >= 4 is 18.5 Å². The Kier molecular flexibility index (Phi) is 2.48. The maximum Gasteiger partial charge on any atom is 0.169 e. The standard InChI is InChI=1S/C10H19ClSi/c1-8-6-12(11,7-9(8)2)10(3,4)5/h6-7H2,1-5H3. The van der Waals surface area contributed by atoms with Crippen molar-refractivity contribution in [1.29, 1.82) is 0 Å². The van der Waals surface area contributed by atoms with Gasteiger partial charge in [-0.2, -0.15) is 11.1 Å². The molecule has 0 aromatic carbocycles. The molecule has 0 spiro atoms. The Labute approximate surface area is 81.7 Å². The van der Waals surface area contributed by atoms with Crippen molar-refractivity contribution in [3.05, 3.63) is 11.1 Å². The average Bonchev–Trinajstić information content (AvgIpc) is 2.06. The number of rotatable bonds is 0. The van der Waals surface area contributed by atoms with Crippen molar-refractivity contribution < 1.29 is 0 Å². The van der Waals surface area contributed by atoms with Gasteiger partial charge in [0.1, 0.15) is 0 Å². The van der Waals surface area contributed by atoms with E-state index in [1.54, 1.807) is 11.1 Å². The van der Waals surface area contributed by atoms with Crippen molar-refractivity contribution in [2.45, 2.75) is 51.7 Å². The summed E-state index contributed by atoms with van der Waals surface area (Å²) in [6.07, 6.45) is 0. The van der Waals surface area contributed by atoms with Crippen molar-refractivity contribution in [2.24, 2.45) is 0 Å². The van der Waals surface area contributed by atoms with Gasteiger partial charge in [-0.25, -0.2) is 0 Å². The zero-order valence-electron chi connectivity index (χ0n) is 8.79. The summed E-state index contributed by atoms with van der Waals surface area (Å²) in [5, 5.41) is 0.341. The van der Waals surface area contributed by atoms with E-state index in [9.17, 15) is 0 Å². The van der Waals surface area contributed by atoms with Crippen LogP contribution >= 0.6 is 11.1 Å². The highest BCUT2D eigenvalue weighted by molar-refractivity contribution is 7.22. The van der Waals surface area contributed by atoms with Gasteiger partial charge in [0.15, 0.2) is 7.38 Å². The molecule has 0 aromatic heterocycles. The molecule has 0 atom stereocenters. The summed E-state index contributed by atoms with van der Waals surface area (Å²) >= 11 is 6.73. The molecule has 0 aliphatic carbocycles. The Morgan fingerprint density at radius 1 is 1.08 bits per heavy atom. The smallest absolute Gasteiger partial charge is 0.166 e. The molecule has 0 fully saturated rings. The zero-order valence-corrected chi connectivity index (χ0v) is 10.5. The fourth-order valence-corrected chi connectivity index (χ4v) is 6.41. The summed E-state index contributed by atoms with van der Waals surface area (Å²) in [6.45, 7) is 11.3. The second-order valence-electron chi connectivity index (χ2n) is 5.13. The molecule has 0 radical (unpaired) electrons. The first-order chi connectivity index (χ1) is 5.26. The zero-order chi connectivity index (χ0) is 9.57. The molecule has 0 amide bonds. The van der Waals surface area contributed by atoms with Crippen LogP contribution in [-0.2, 0) is 0 Å². The lowest BCUT2D eigenvalue weighted by atomic mass is 10.2. The topological polar surface area (TPSA) is 0 Å². The van der Waals surface area contributed by atoms with Gasteiger partial charge in [0.05, 0.1) is 0 Å². The molecule has 0 bridgehead atoms. The van der Waals surface area contributed by atoms with E-state index in [2.05, 4.69) is 34.6 Å². The van der Waals surface area contributed by atoms with Crippen molar-refractivity contribution in [2.75, 3.05) is 0 Å². The number of halogens is 1. The van der Waals surface area contributed by atoms with Gasteiger partial charge in [0, 0.05) is 0 Å². The molecule has 0 saturated heterocycles. The first-order valence-corrected chi connectivity index (χ1v) is 8.03. The predicted molar refractivity (Wildman–Crippen MR) is 59.3 cm³/mol. The van der Waals surface area contributed by atoms with Crippen LogP contribution in [0.25, 0.3) is 0 Å². The predicted octanol–water partition coefficient (Wildman–Crippen LogP) is 4.32. The van der Waals surface area contributed by atoms with Crippen LogP contribution in [0, 0.1) is 0 Å². The molecule has 0 saturated carbocycles. The largest absolute Gasteiger partial charge is 0.169 e. The summed E-state index contributed by atoms with van der Waals surface area (Å²) in [6, 6.07) is 2.40. The number of hydrogen-bond donors (Lipinski definition) is 0. The SMILES string of the molecule is CC1=C(C)C[Si](Cl)(C(C)(C)C)C1. The van der Waals surface area contributed by atoms with Crippen molar-refractivity contribution in [3.8, 4) is 0 Å². The monoisotopic (exact) mass is 202 g/mol. The van der Waals surface area contributed by atoms with Crippen LogP contribution in [0.2, 0.25) is 17.1 Å². The molecule has 0 nitrogen and oxygen atoms in total. The minimum atomic E-state index is -1.52. The molecule has 1 aliphatic rings. The quantitative estimate of drug-likeness (QED) is 0.312. The summed E-state index contributed by atoms with van der Waals surface area (Å²) in [7, 11) is -1.52. The molecule has 0 unspecified atom stereocenters. The molecule has 0 N–H and O–H groups in total. The van der Waals surface area contributed by atoms with Gasteiger partial charge < -0.3 is 0 Å². The third-order valence-electron chi connectivity index (χ3n) is 3.16. The van der Waals surface area contributed by atoms with E-state index in [1.807, 2.05) is 0 Å². The van der Waals surface area contributed by atoms with Crippen molar-refractivity contribution in [3.63, 3.8) is 0 Å². The summed E-state index contributed by atoms with van der Waals surface area (Å²) < 4.78 is 0. The lowest BCUT2D eigenvalue weighted by Crippen LogP contribution is -2.35. The molecule has 1 rings (SSSR count). The Balaban J connectivity index is 2.84. The lowest BCUT2D eigenvalue weighted by Gasteiger charge is -2.34. The summed E-state index contributed by atoms with van der Waals surface area (Å²) in [5.74, 6) is 0. The van der Waals surface area contributed by atoms with Crippen LogP contribution < -0.4 is 0 Å². The molecule has 1 aliphatic heterocycles. The van der Waals surface area contributed by atoms with Gasteiger partial charge in [-0.15, -0.1) is 0 Å². The molecule has 2 heteroatoms. The first kappa shape index (κ1) is 10.3. The highest BCUT2D eigenvalue weighted by atomic mass is 35.6. The Hall–Kier alpha value is 0.247. The van der Waals surface area contributed by atoms with E-state index >= 15 is 0 Å². The van der Waals surface area contributed by atoms with Crippen LogP contribution in [0.1, 0.15) is 34.6 Å². The second kappa shape index (κ2) is 2.88. The Morgan fingerprint density at radius 3 is 1.58 bits per heavy atom. The lowest BCUT2D eigenvalue weighted by molar-refractivity contribution is 0.728. The summed E-state index contributed by atoms with van der Waals surface area (Å²) in [5.41, 5.74) is 3.10.